The Kier molecular flexibility index (Phi) is 8.09. The largest absolute Gasteiger partial charge is 0.438 e. The Bertz CT molecular complexity index is 1350. The lowest BCUT2D eigenvalue weighted by Crippen LogP contribution is -2.47. The van der Waals surface area contributed by atoms with E-state index in [1.54, 1.807) is 60.7 Å². The van der Waals surface area contributed by atoms with Gasteiger partial charge in [0.25, 0.3) is 5.91 Å². The van der Waals surface area contributed by atoms with Crippen LogP contribution < -0.4 is 10.6 Å². The topological polar surface area (TPSA) is 97.0 Å². The molecule has 8 nitrogen and oxygen atoms in total. The van der Waals surface area contributed by atoms with E-state index >= 15 is 0 Å². The normalized spacial score (nSPS) is 20.5. The first-order chi connectivity index (χ1) is 18.9. The maximum Gasteiger partial charge on any atom is 0.411 e. The van der Waals surface area contributed by atoms with Crippen LogP contribution in [0.1, 0.15) is 40.4 Å². The number of rotatable bonds is 8. The Labute approximate surface area is 230 Å². The first kappa shape index (κ1) is 26.6. The lowest BCUT2D eigenvalue weighted by atomic mass is 10.00. The smallest absolute Gasteiger partial charge is 0.411 e. The van der Waals surface area contributed by atoms with Crippen molar-refractivity contribution in [3.8, 4) is 0 Å². The number of halogens is 2. The van der Waals surface area contributed by atoms with Gasteiger partial charge in [-0.05, 0) is 66.4 Å². The number of hydrogen-bond donors (Lipinski definition) is 2. The van der Waals surface area contributed by atoms with Crippen molar-refractivity contribution in [2.75, 3.05) is 18.5 Å². The zero-order valence-corrected chi connectivity index (χ0v) is 21.7. The molecule has 2 saturated heterocycles. The van der Waals surface area contributed by atoms with E-state index in [2.05, 4.69) is 10.6 Å². The number of ether oxygens (including phenoxy) is 2. The van der Waals surface area contributed by atoms with Crippen LogP contribution in [0.4, 0.5) is 14.9 Å². The van der Waals surface area contributed by atoms with E-state index in [4.69, 9.17) is 21.1 Å². The molecule has 5 rings (SSSR count). The van der Waals surface area contributed by atoms with Crippen molar-refractivity contribution >= 4 is 35.2 Å². The van der Waals surface area contributed by atoms with Gasteiger partial charge < -0.3 is 20.1 Å². The summed E-state index contributed by atoms with van der Waals surface area (Å²) in [4.78, 5) is 40.3. The maximum absolute atomic E-state index is 13.4. The van der Waals surface area contributed by atoms with Gasteiger partial charge in [0.2, 0.25) is 5.91 Å². The molecule has 3 aromatic carbocycles. The minimum absolute atomic E-state index is 0.0708. The van der Waals surface area contributed by atoms with Crippen molar-refractivity contribution in [1.29, 1.82) is 0 Å². The third-order valence-electron chi connectivity index (χ3n) is 6.73. The van der Waals surface area contributed by atoms with Crippen LogP contribution in [-0.4, -0.2) is 48.1 Å². The van der Waals surface area contributed by atoms with E-state index < -0.39 is 24.1 Å². The molecule has 2 N–H and O–H groups in total. The molecule has 0 radical (unpaired) electrons. The molecule has 0 saturated carbocycles. The fourth-order valence-corrected chi connectivity index (χ4v) is 4.90. The van der Waals surface area contributed by atoms with Crippen LogP contribution >= 0.6 is 11.6 Å². The Morgan fingerprint density at radius 3 is 2.51 bits per heavy atom. The highest BCUT2D eigenvalue weighted by atomic mass is 35.5. The number of cyclic esters (lactones) is 1. The van der Waals surface area contributed by atoms with Crippen LogP contribution in [0.5, 0.6) is 0 Å². The third-order valence-corrected chi connectivity index (χ3v) is 6.97. The number of benzene rings is 3. The monoisotopic (exact) mass is 551 g/mol. The molecule has 202 valence electrons. The molecule has 2 fully saturated rings. The second-order valence-electron chi connectivity index (χ2n) is 9.47. The second-order valence-corrected chi connectivity index (χ2v) is 9.91. The molecule has 2 aliphatic heterocycles. The molecule has 0 spiro atoms. The zero-order chi connectivity index (χ0) is 27.4. The summed E-state index contributed by atoms with van der Waals surface area (Å²) < 4.78 is 24.7. The molecule has 0 aromatic heterocycles. The number of nitrogens with zero attached hydrogens (tertiary/aromatic N) is 1. The predicted molar refractivity (Wildman–Crippen MR) is 143 cm³/mol. The van der Waals surface area contributed by atoms with E-state index in [1.165, 1.54) is 17.0 Å². The van der Waals surface area contributed by atoms with E-state index in [9.17, 15) is 18.8 Å². The van der Waals surface area contributed by atoms with Gasteiger partial charge in [0.05, 0.1) is 12.6 Å². The van der Waals surface area contributed by atoms with Gasteiger partial charge in [-0.1, -0.05) is 41.9 Å². The number of carbonyl (C=O) groups excluding carboxylic acids is 3. The third kappa shape index (κ3) is 6.38. The molecular formula is C29H27ClFN3O5. The van der Waals surface area contributed by atoms with Gasteiger partial charge in [-0.3, -0.25) is 14.5 Å². The Hall–Kier alpha value is -3.95. The fourth-order valence-electron chi connectivity index (χ4n) is 4.71. The lowest BCUT2D eigenvalue weighted by Gasteiger charge is -2.25. The van der Waals surface area contributed by atoms with E-state index in [1.807, 2.05) is 0 Å². The molecule has 0 aliphatic carbocycles. The first-order valence-electron chi connectivity index (χ1n) is 12.7. The number of hydrogen-bond acceptors (Lipinski definition) is 5. The van der Waals surface area contributed by atoms with Crippen molar-refractivity contribution in [2.45, 2.75) is 37.6 Å². The van der Waals surface area contributed by atoms with E-state index in [-0.39, 0.29) is 24.5 Å². The minimum atomic E-state index is -0.962. The summed E-state index contributed by atoms with van der Waals surface area (Å²) >= 11 is 5.98. The highest BCUT2D eigenvalue weighted by Gasteiger charge is 2.47. The minimum Gasteiger partial charge on any atom is -0.438 e. The summed E-state index contributed by atoms with van der Waals surface area (Å²) in [5, 5.41) is 6.16. The highest BCUT2D eigenvalue weighted by molar-refractivity contribution is 6.31. The van der Waals surface area contributed by atoms with Gasteiger partial charge in [0.15, 0.2) is 12.1 Å². The first-order valence-corrected chi connectivity index (χ1v) is 13.0. The molecule has 39 heavy (non-hydrogen) atoms. The van der Waals surface area contributed by atoms with E-state index in [0.29, 0.717) is 40.6 Å². The fraction of sp³-hybridized carbons (Fsp3) is 0.276. The van der Waals surface area contributed by atoms with E-state index in [0.717, 1.165) is 12.8 Å². The molecule has 3 aromatic rings. The van der Waals surface area contributed by atoms with Crippen molar-refractivity contribution in [2.24, 2.45) is 0 Å². The van der Waals surface area contributed by atoms with Crippen LogP contribution in [0.25, 0.3) is 0 Å². The number of amides is 3. The van der Waals surface area contributed by atoms with Crippen molar-refractivity contribution < 1.29 is 28.2 Å². The van der Waals surface area contributed by atoms with Crippen LogP contribution in [-0.2, 0) is 20.8 Å². The average molecular weight is 552 g/mol. The molecule has 10 heteroatoms. The van der Waals surface area contributed by atoms with Crippen LogP contribution in [0.2, 0.25) is 5.02 Å². The average Bonchev–Trinajstić information content (AvgIpc) is 3.57. The number of nitrogens with one attached hydrogen (secondary N) is 2. The van der Waals surface area contributed by atoms with Crippen molar-refractivity contribution in [3.63, 3.8) is 0 Å². The molecule has 2 heterocycles. The summed E-state index contributed by atoms with van der Waals surface area (Å²) in [5.41, 5.74) is 2.18. The summed E-state index contributed by atoms with van der Waals surface area (Å²) in [7, 11) is 0. The van der Waals surface area contributed by atoms with Gasteiger partial charge in [-0.2, -0.15) is 0 Å². The Morgan fingerprint density at radius 2 is 1.82 bits per heavy atom. The SMILES string of the molecule is O=C(Nc1ccc([C@@H]2OC(=O)N(Cc3ccc(F)cc3)[C@@H]2C(=O)NC[C@H]2CCCO2)cc1)c1cccc(Cl)c1. The van der Waals surface area contributed by atoms with Crippen LogP contribution in [0, 0.1) is 5.82 Å². The lowest BCUT2D eigenvalue weighted by molar-refractivity contribution is -0.126. The number of carbonyl (C=O) groups is 3. The van der Waals surface area contributed by atoms with Gasteiger partial charge in [0, 0.05) is 29.4 Å². The summed E-state index contributed by atoms with van der Waals surface area (Å²) in [6.07, 6.45) is 0.176. The second kappa shape index (κ2) is 11.8. The molecule has 2 aliphatic rings. The summed E-state index contributed by atoms with van der Waals surface area (Å²) in [6, 6.07) is 18.1. The molecule has 0 unspecified atom stereocenters. The van der Waals surface area contributed by atoms with Crippen molar-refractivity contribution in [1.82, 2.24) is 10.2 Å². The van der Waals surface area contributed by atoms with Gasteiger partial charge >= 0.3 is 6.09 Å². The Balaban J connectivity index is 1.34. The predicted octanol–water partition coefficient (Wildman–Crippen LogP) is 5.09. The highest BCUT2D eigenvalue weighted by Crippen LogP contribution is 2.34. The summed E-state index contributed by atoms with van der Waals surface area (Å²) in [6.45, 7) is 1.06. The van der Waals surface area contributed by atoms with Gasteiger partial charge in [0.1, 0.15) is 5.82 Å². The standard InChI is InChI=1S/C29H27ClFN3O5/c30-21-4-1-3-20(15-21)27(35)33-23-12-8-19(9-13-23)26-25(28(36)32-16-24-5-2-14-38-24)34(29(37)39-26)17-18-6-10-22(31)11-7-18/h1,3-4,6-13,15,24-26H,2,5,14,16-17H2,(H,32,36)(H,33,35)/t24-,25+,26+/m1/s1. The Morgan fingerprint density at radius 1 is 1.05 bits per heavy atom. The molecule has 3 amide bonds. The molecule has 0 bridgehead atoms. The molecule has 3 atom stereocenters. The zero-order valence-electron chi connectivity index (χ0n) is 20.9. The molecular weight excluding hydrogens is 525 g/mol. The summed E-state index contributed by atoms with van der Waals surface area (Å²) in [5.74, 6) is -1.09. The van der Waals surface area contributed by atoms with Crippen LogP contribution in [0.15, 0.2) is 72.8 Å². The maximum atomic E-state index is 13.4. The van der Waals surface area contributed by atoms with Gasteiger partial charge in [-0.25, -0.2) is 9.18 Å². The quantitative estimate of drug-likeness (QED) is 0.406. The number of anilines is 1. The van der Waals surface area contributed by atoms with Gasteiger partial charge in [-0.15, -0.1) is 0 Å². The van der Waals surface area contributed by atoms with Crippen molar-refractivity contribution in [3.05, 3.63) is 100 Å². The van der Waals surface area contributed by atoms with Crippen LogP contribution in [0.3, 0.4) is 0 Å².